The fourth-order valence-corrected chi connectivity index (χ4v) is 3.80. The van der Waals surface area contributed by atoms with Gasteiger partial charge in [0.05, 0.1) is 18.3 Å². The summed E-state index contributed by atoms with van der Waals surface area (Å²) in [6.07, 6.45) is 7.41. The molecular weight excluding hydrogens is 364 g/mol. The lowest BCUT2D eigenvalue weighted by atomic mass is 9.91. The van der Waals surface area contributed by atoms with E-state index in [-0.39, 0.29) is 12.1 Å². The van der Waals surface area contributed by atoms with Crippen LogP contribution in [0.5, 0.6) is 11.5 Å². The third-order valence-electron chi connectivity index (χ3n) is 5.59. The number of hydrogen-bond donors (Lipinski definition) is 0. The molecule has 1 aliphatic rings. The van der Waals surface area contributed by atoms with E-state index >= 15 is 0 Å². The summed E-state index contributed by atoms with van der Waals surface area (Å²) in [5, 5.41) is 0. The van der Waals surface area contributed by atoms with Gasteiger partial charge in [-0.2, -0.15) is 0 Å². The van der Waals surface area contributed by atoms with Crippen molar-refractivity contribution in [1.82, 2.24) is 0 Å². The Bertz CT molecular complexity index is 828. The molecule has 0 aromatic heterocycles. The molecule has 1 aliphatic heterocycles. The van der Waals surface area contributed by atoms with Gasteiger partial charge in [-0.1, -0.05) is 63.3 Å². The van der Waals surface area contributed by atoms with Crippen molar-refractivity contribution in [3.8, 4) is 11.5 Å². The Balaban J connectivity index is 1.76. The van der Waals surface area contributed by atoms with E-state index in [2.05, 4.69) is 6.92 Å². The molecule has 156 valence electrons. The number of fused-ring (bicyclic) bond motifs is 2. The maximum Gasteiger partial charge on any atom is 0.338 e. The van der Waals surface area contributed by atoms with Crippen molar-refractivity contribution in [2.45, 2.75) is 64.9 Å². The Kier molecular flexibility index (Phi) is 7.70. The van der Waals surface area contributed by atoms with Crippen LogP contribution >= 0.6 is 0 Å². The highest BCUT2D eigenvalue weighted by Gasteiger charge is 2.28. The van der Waals surface area contributed by atoms with E-state index < -0.39 is 0 Å². The van der Waals surface area contributed by atoms with E-state index in [1.807, 2.05) is 43.3 Å². The molecule has 0 bridgehead atoms. The first-order chi connectivity index (χ1) is 14.2. The van der Waals surface area contributed by atoms with Crippen LogP contribution in [0.25, 0.3) is 0 Å². The van der Waals surface area contributed by atoms with Gasteiger partial charge in [0.1, 0.15) is 11.5 Å². The van der Waals surface area contributed by atoms with Crippen LogP contribution in [0, 0.1) is 0 Å². The molecule has 4 nitrogen and oxygen atoms in total. The average Bonchev–Trinajstić information content (AvgIpc) is 2.75. The number of para-hydroxylation sites is 1. The van der Waals surface area contributed by atoms with Crippen LogP contribution in [0.4, 0.5) is 0 Å². The summed E-state index contributed by atoms with van der Waals surface area (Å²) in [5.41, 5.74) is 3.41. The lowest BCUT2D eigenvalue weighted by molar-refractivity contribution is 0.0485. The smallest absolute Gasteiger partial charge is 0.338 e. The molecule has 0 N–H and O–H groups in total. The minimum absolute atomic E-state index is 0.200. The third kappa shape index (κ3) is 5.18. The van der Waals surface area contributed by atoms with E-state index in [4.69, 9.17) is 14.2 Å². The number of ether oxygens (including phenoxy) is 3. The van der Waals surface area contributed by atoms with Crippen LogP contribution in [-0.2, 0) is 15.9 Å². The fourth-order valence-electron chi connectivity index (χ4n) is 3.80. The zero-order valence-electron chi connectivity index (χ0n) is 17.8. The van der Waals surface area contributed by atoms with Crippen LogP contribution in [0.3, 0.4) is 0 Å². The van der Waals surface area contributed by atoms with Crippen molar-refractivity contribution in [2.24, 2.45) is 0 Å². The maximum absolute atomic E-state index is 13.1. The van der Waals surface area contributed by atoms with E-state index in [0.29, 0.717) is 18.6 Å². The molecule has 1 heterocycles. The molecule has 0 amide bonds. The molecule has 29 heavy (non-hydrogen) atoms. The first-order valence-electron chi connectivity index (χ1n) is 10.8. The quantitative estimate of drug-likeness (QED) is 0.286. The summed E-state index contributed by atoms with van der Waals surface area (Å²) < 4.78 is 17.3. The number of carbonyl (C=O) groups is 1. The van der Waals surface area contributed by atoms with Gasteiger partial charge in [-0.3, -0.25) is 0 Å². The summed E-state index contributed by atoms with van der Waals surface area (Å²) in [6.45, 7) is 4.61. The van der Waals surface area contributed by atoms with Crippen molar-refractivity contribution >= 4 is 5.97 Å². The number of benzene rings is 2. The van der Waals surface area contributed by atoms with Gasteiger partial charge in [-0.05, 0) is 36.6 Å². The predicted octanol–water partition coefficient (Wildman–Crippen LogP) is 6.61. The van der Waals surface area contributed by atoms with E-state index in [1.54, 1.807) is 7.11 Å². The molecule has 4 heteroatoms. The number of unbranched alkanes of at least 4 members (excludes halogenated alkanes) is 5. The summed E-state index contributed by atoms with van der Waals surface area (Å²) in [4.78, 5) is 13.1. The highest BCUT2D eigenvalue weighted by atomic mass is 16.5. The molecule has 0 spiro atoms. The number of methoxy groups -OCH3 is 1. The minimum atomic E-state index is -0.280. The third-order valence-corrected chi connectivity index (χ3v) is 5.59. The van der Waals surface area contributed by atoms with E-state index in [0.717, 1.165) is 41.0 Å². The van der Waals surface area contributed by atoms with Crippen LogP contribution in [0.2, 0.25) is 0 Å². The number of carbonyl (C=O) groups excluding carboxylic acids is 1. The first-order valence-corrected chi connectivity index (χ1v) is 10.8. The zero-order chi connectivity index (χ0) is 20.6. The van der Waals surface area contributed by atoms with Gasteiger partial charge in [0.2, 0.25) is 0 Å². The Morgan fingerprint density at radius 1 is 1.03 bits per heavy atom. The van der Waals surface area contributed by atoms with Crippen molar-refractivity contribution < 1.29 is 19.0 Å². The summed E-state index contributed by atoms with van der Waals surface area (Å²) in [6, 6.07) is 11.8. The monoisotopic (exact) mass is 396 g/mol. The summed E-state index contributed by atoms with van der Waals surface area (Å²) in [7, 11) is 1.65. The van der Waals surface area contributed by atoms with Crippen LogP contribution in [-0.4, -0.2) is 19.7 Å². The van der Waals surface area contributed by atoms with Crippen molar-refractivity contribution in [3.63, 3.8) is 0 Å². The van der Waals surface area contributed by atoms with Gasteiger partial charge >= 0.3 is 5.97 Å². The second-order valence-corrected chi connectivity index (χ2v) is 7.67. The Hall–Kier alpha value is -2.33. The second-order valence-electron chi connectivity index (χ2n) is 7.67. The normalized spacial score (nSPS) is 13.2. The molecule has 0 saturated heterocycles. The van der Waals surface area contributed by atoms with Gasteiger partial charge in [0, 0.05) is 19.1 Å². The largest absolute Gasteiger partial charge is 0.462 e. The lowest BCUT2D eigenvalue weighted by Crippen LogP contribution is -2.17. The SMILES string of the molecule is CCCCCCCCOC(=O)c1c(C(C)OC)ccc2c1Cc1ccccc1O2. The van der Waals surface area contributed by atoms with Crippen LogP contribution in [0.1, 0.15) is 85.5 Å². The highest BCUT2D eigenvalue weighted by Crippen LogP contribution is 2.40. The lowest BCUT2D eigenvalue weighted by Gasteiger charge is -2.25. The van der Waals surface area contributed by atoms with Crippen molar-refractivity contribution in [1.29, 1.82) is 0 Å². The van der Waals surface area contributed by atoms with E-state index in [1.165, 1.54) is 25.7 Å². The molecule has 2 aromatic rings. The minimum Gasteiger partial charge on any atom is -0.462 e. The van der Waals surface area contributed by atoms with Crippen LogP contribution in [0.15, 0.2) is 36.4 Å². The van der Waals surface area contributed by atoms with Gasteiger partial charge < -0.3 is 14.2 Å². The van der Waals surface area contributed by atoms with Crippen molar-refractivity contribution in [3.05, 3.63) is 58.7 Å². The highest BCUT2D eigenvalue weighted by molar-refractivity contribution is 5.94. The van der Waals surface area contributed by atoms with Gasteiger partial charge in [-0.25, -0.2) is 4.79 Å². The van der Waals surface area contributed by atoms with Crippen molar-refractivity contribution in [2.75, 3.05) is 13.7 Å². The zero-order valence-corrected chi connectivity index (χ0v) is 17.8. The molecule has 1 atom stereocenters. The molecule has 0 radical (unpaired) electrons. The topological polar surface area (TPSA) is 44.8 Å². The Morgan fingerprint density at radius 3 is 2.59 bits per heavy atom. The molecule has 2 aromatic carbocycles. The molecule has 1 unspecified atom stereocenters. The Labute approximate surface area is 174 Å². The number of hydrogen-bond acceptors (Lipinski definition) is 4. The molecular formula is C25H32O4. The standard InChI is InChI=1S/C25H32O4/c1-4-5-6-7-8-11-16-28-25(26)24-20(18(2)27-3)14-15-23-21(24)17-19-12-9-10-13-22(19)29-23/h9-10,12-15,18H,4-8,11,16-17H2,1-3H3. The number of esters is 1. The number of rotatable bonds is 10. The van der Waals surface area contributed by atoms with E-state index in [9.17, 15) is 4.79 Å². The molecule has 0 fully saturated rings. The Morgan fingerprint density at radius 2 is 1.79 bits per heavy atom. The van der Waals surface area contributed by atoms with Crippen LogP contribution < -0.4 is 4.74 Å². The molecule has 0 saturated carbocycles. The maximum atomic E-state index is 13.1. The molecule has 0 aliphatic carbocycles. The summed E-state index contributed by atoms with van der Waals surface area (Å²) >= 11 is 0. The van der Waals surface area contributed by atoms with Gasteiger partial charge in [0.15, 0.2) is 0 Å². The summed E-state index contributed by atoms with van der Waals surface area (Å²) in [5.74, 6) is 1.29. The second kappa shape index (κ2) is 10.4. The fraction of sp³-hybridized carbons (Fsp3) is 0.480. The average molecular weight is 397 g/mol. The van der Waals surface area contributed by atoms with Gasteiger partial charge in [0.25, 0.3) is 0 Å². The molecule has 3 rings (SSSR count). The predicted molar refractivity (Wildman–Crippen MR) is 115 cm³/mol. The van der Waals surface area contributed by atoms with Gasteiger partial charge in [-0.15, -0.1) is 0 Å². The first kappa shape index (κ1) is 21.4.